The molecule has 1 aromatic rings. The van der Waals surface area contributed by atoms with Crippen molar-refractivity contribution in [2.24, 2.45) is 0 Å². The van der Waals surface area contributed by atoms with Crippen LogP contribution >= 0.6 is 0 Å². The molecular formula is C8H11NaO. The first-order valence-corrected chi connectivity index (χ1v) is 3.11. The second-order valence-corrected chi connectivity index (χ2v) is 2.02. The van der Waals surface area contributed by atoms with E-state index in [4.69, 9.17) is 5.11 Å². The molecule has 0 amide bonds. The van der Waals surface area contributed by atoms with E-state index in [0.29, 0.717) is 5.75 Å². The van der Waals surface area contributed by atoms with Crippen LogP contribution in [0.15, 0.2) is 24.3 Å². The van der Waals surface area contributed by atoms with Crippen molar-refractivity contribution in [1.29, 1.82) is 0 Å². The molecule has 0 unspecified atom stereocenters. The van der Waals surface area contributed by atoms with Crippen LogP contribution in [-0.2, 0) is 6.42 Å². The Morgan fingerprint density at radius 2 is 1.70 bits per heavy atom. The number of hydrogen-bond acceptors (Lipinski definition) is 1. The fraction of sp³-hybridized carbons (Fsp3) is 0.250. The molecule has 0 saturated heterocycles. The molecule has 50 valence electrons. The van der Waals surface area contributed by atoms with Gasteiger partial charge in [-0.3, -0.25) is 0 Å². The predicted molar refractivity (Wildman–Crippen MR) is 44.6 cm³/mol. The Morgan fingerprint density at radius 3 is 2.10 bits per heavy atom. The fourth-order valence-corrected chi connectivity index (χ4v) is 0.732. The third-order valence-corrected chi connectivity index (χ3v) is 1.34. The number of aromatic hydroxyl groups is 1. The van der Waals surface area contributed by atoms with Crippen molar-refractivity contribution in [1.82, 2.24) is 0 Å². The Kier molecular flexibility index (Phi) is 4.79. The van der Waals surface area contributed by atoms with E-state index in [1.807, 2.05) is 12.1 Å². The van der Waals surface area contributed by atoms with E-state index >= 15 is 0 Å². The van der Waals surface area contributed by atoms with E-state index in [-0.39, 0.29) is 29.6 Å². The van der Waals surface area contributed by atoms with Crippen LogP contribution in [0, 0.1) is 0 Å². The van der Waals surface area contributed by atoms with Gasteiger partial charge in [0.05, 0.1) is 0 Å². The summed E-state index contributed by atoms with van der Waals surface area (Å²) in [5.74, 6) is 0.340. The zero-order valence-electron chi connectivity index (χ0n) is 5.46. The van der Waals surface area contributed by atoms with Gasteiger partial charge in [0.1, 0.15) is 5.75 Å². The Labute approximate surface area is 83.4 Å². The maximum atomic E-state index is 8.85. The van der Waals surface area contributed by atoms with Crippen molar-refractivity contribution in [3.05, 3.63) is 29.8 Å². The summed E-state index contributed by atoms with van der Waals surface area (Å²) in [6, 6.07) is 7.27. The molecular weight excluding hydrogens is 135 g/mol. The first-order chi connectivity index (χ1) is 4.33. The van der Waals surface area contributed by atoms with Gasteiger partial charge in [0.15, 0.2) is 0 Å². The van der Waals surface area contributed by atoms with Crippen LogP contribution < -0.4 is 0 Å². The Bertz CT molecular complexity index is 181. The first kappa shape index (κ1) is 10.0. The van der Waals surface area contributed by atoms with Gasteiger partial charge >= 0.3 is 29.6 Å². The van der Waals surface area contributed by atoms with Gasteiger partial charge in [-0.05, 0) is 24.1 Å². The molecule has 0 aliphatic rings. The van der Waals surface area contributed by atoms with Gasteiger partial charge in [-0.2, -0.15) is 0 Å². The zero-order chi connectivity index (χ0) is 6.69. The summed E-state index contributed by atoms with van der Waals surface area (Å²) in [4.78, 5) is 0. The van der Waals surface area contributed by atoms with E-state index in [1.54, 1.807) is 12.1 Å². The Balaban J connectivity index is 0.000000810. The van der Waals surface area contributed by atoms with Gasteiger partial charge in [0.2, 0.25) is 0 Å². The number of benzene rings is 1. The van der Waals surface area contributed by atoms with Crippen LogP contribution in [0.5, 0.6) is 5.75 Å². The van der Waals surface area contributed by atoms with E-state index in [1.165, 1.54) is 5.56 Å². The molecule has 0 spiro atoms. The standard InChI is InChI=1S/C8H10O.Na.H/c1-2-7-3-5-8(9)6-4-7;;/h3-6,9H,2H2,1H3;;. The van der Waals surface area contributed by atoms with E-state index < -0.39 is 0 Å². The average Bonchev–Trinajstić information content (AvgIpc) is 1.90. The maximum absolute atomic E-state index is 8.85. The Hall–Kier alpha value is 0.0200. The van der Waals surface area contributed by atoms with Crippen LogP contribution in [0.2, 0.25) is 0 Å². The molecule has 0 aromatic heterocycles. The van der Waals surface area contributed by atoms with E-state index in [9.17, 15) is 0 Å². The number of rotatable bonds is 1. The summed E-state index contributed by atoms with van der Waals surface area (Å²) in [5.41, 5.74) is 1.26. The third kappa shape index (κ3) is 2.74. The van der Waals surface area contributed by atoms with Crippen molar-refractivity contribution < 1.29 is 5.11 Å². The molecule has 0 saturated carbocycles. The van der Waals surface area contributed by atoms with Crippen LogP contribution in [0.25, 0.3) is 0 Å². The molecule has 1 rings (SSSR count). The molecule has 0 aliphatic carbocycles. The topological polar surface area (TPSA) is 20.2 Å². The Morgan fingerprint density at radius 1 is 1.20 bits per heavy atom. The minimum atomic E-state index is 0. The minimum absolute atomic E-state index is 0. The number of phenolic OH excluding ortho intramolecular Hbond substituents is 1. The van der Waals surface area contributed by atoms with Crippen molar-refractivity contribution in [3.63, 3.8) is 0 Å². The average molecular weight is 146 g/mol. The summed E-state index contributed by atoms with van der Waals surface area (Å²) in [5, 5.41) is 8.85. The summed E-state index contributed by atoms with van der Waals surface area (Å²) >= 11 is 0. The number of phenols is 1. The molecule has 0 radical (unpaired) electrons. The second kappa shape index (κ2) is 4.78. The third-order valence-electron chi connectivity index (χ3n) is 1.34. The zero-order valence-corrected chi connectivity index (χ0v) is 5.46. The molecule has 1 nitrogen and oxygen atoms in total. The summed E-state index contributed by atoms with van der Waals surface area (Å²) < 4.78 is 0. The van der Waals surface area contributed by atoms with Crippen molar-refractivity contribution in [3.8, 4) is 5.75 Å². The van der Waals surface area contributed by atoms with E-state index in [0.717, 1.165) is 6.42 Å². The van der Waals surface area contributed by atoms with Crippen LogP contribution in [0.4, 0.5) is 0 Å². The van der Waals surface area contributed by atoms with Crippen molar-refractivity contribution in [2.45, 2.75) is 13.3 Å². The normalized spacial score (nSPS) is 8.50. The van der Waals surface area contributed by atoms with Gasteiger partial charge in [-0.25, -0.2) is 0 Å². The van der Waals surface area contributed by atoms with Gasteiger partial charge < -0.3 is 5.11 Å². The van der Waals surface area contributed by atoms with Gasteiger partial charge in [0.25, 0.3) is 0 Å². The number of hydrogen-bond donors (Lipinski definition) is 1. The quantitative estimate of drug-likeness (QED) is 0.592. The summed E-state index contributed by atoms with van der Waals surface area (Å²) in [7, 11) is 0. The first-order valence-electron chi connectivity index (χ1n) is 3.11. The molecule has 1 aromatic carbocycles. The predicted octanol–water partition coefficient (Wildman–Crippen LogP) is 1.31. The van der Waals surface area contributed by atoms with Crippen molar-refractivity contribution in [2.75, 3.05) is 0 Å². The molecule has 0 aliphatic heterocycles. The molecule has 1 N–H and O–H groups in total. The molecule has 0 atom stereocenters. The van der Waals surface area contributed by atoms with Crippen LogP contribution in [0.1, 0.15) is 12.5 Å². The SMILES string of the molecule is CCc1ccc(O)cc1.[NaH]. The van der Waals surface area contributed by atoms with Gasteiger partial charge in [0, 0.05) is 0 Å². The summed E-state index contributed by atoms with van der Waals surface area (Å²) in [6.07, 6.45) is 1.03. The fourth-order valence-electron chi connectivity index (χ4n) is 0.732. The van der Waals surface area contributed by atoms with Gasteiger partial charge in [-0.1, -0.05) is 19.1 Å². The van der Waals surface area contributed by atoms with E-state index in [2.05, 4.69) is 6.92 Å². The van der Waals surface area contributed by atoms with Crippen LogP contribution in [-0.4, -0.2) is 34.7 Å². The second-order valence-electron chi connectivity index (χ2n) is 2.02. The molecule has 0 bridgehead atoms. The molecule has 10 heavy (non-hydrogen) atoms. The molecule has 2 heteroatoms. The van der Waals surface area contributed by atoms with Gasteiger partial charge in [-0.15, -0.1) is 0 Å². The monoisotopic (exact) mass is 146 g/mol. The summed E-state index contributed by atoms with van der Waals surface area (Å²) in [6.45, 7) is 2.09. The molecule has 0 fully saturated rings. The molecule has 0 heterocycles. The van der Waals surface area contributed by atoms with Crippen molar-refractivity contribution >= 4 is 29.6 Å². The van der Waals surface area contributed by atoms with Crippen LogP contribution in [0.3, 0.4) is 0 Å². The number of aryl methyl sites for hydroxylation is 1.